The van der Waals surface area contributed by atoms with E-state index in [1.807, 2.05) is 19.9 Å². The van der Waals surface area contributed by atoms with Gasteiger partial charge in [-0.2, -0.15) is 5.26 Å². The fourth-order valence-corrected chi connectivity index (χ4v) is 1.83. The molecule has 0 spiro atoms. The third kappa shape index (κ3) is 5.31. The average Bonchev–Trinajstić information content (AvgIpc) is 2.48. The summed E-state index contributed by atoms with van der Waals surface area (Å²) >= 11 is 0. The smallest absolute Gasteiger partial charge is 0.322 e. The Morgan fingerprint density at radius 1 is 1.50 bits per heavy atom. The minimum Gasteiger partial charge on any atom is -0.394 e. The minimum atomic E-state index is -0.535. The number of carbonyl (C=O) groups is 1. The number of carbonyl (C=O) groups excluding carboxylic acids is 1. The van der Waals surface area contributed by atoms with Crippen molar-refractivity contribution >= 4 is 11.7 Å². The van der Waals surface area contributed by atoms with Gasteiger partial charge in [0.05, 0.1) is 31.1 Å². The number of hydrogen-bond donors (Lipinski definition) is 2. The van der Waals surface area contributed by atoms with Gasteiger partial charge in [-0.3, -0.25) is 0 Å². The molecule has 0 saturated heterocycles. The second-order valence-electron chi connectivity index (χ2n) is 4.85. The maximum Gasteiger partial charge on any atom is 0.322 e. The number of urea groups is 1. The second-order valence-corrected chi connectivity index (χ2v) is 4.85. The Balaban J connectivity index is 2.73. The van der Waals surface area contributed by atoms with Gasteiger partial charge in [-0.25, -0.2) is 9.18 Å². The summed E-state index contributed by atoms with van der Waals surface area (Å²) in [6.45, 7) is 4.47. The molecule has 2 N–H and O–H groups in total. The summed E-state index contributed by atoms with van der Waals surface area (Å²) in [6.07, 6.45) is 0. The van der Waals surface area contributed by atoms with E-state index in [0.29, 0.717) is 13.2 Å². The number of anilines is 1. The van der Waals surface area contributed by atoms with Crippen molar-refractivity contribution < 1.29 is 19.0 Å². The molecule has 1 rings (SSSR count). The number of aliphatic hydroxyl groups is 1. The Bertz CT molecular complexity index is 543. The molecular weight excluding hydrogens is 289 g/mol. The summed E-state index contributed by atoms with van der Waals surface area (Å²) < 4.78 is 18.2. The molecule has 1 aromatic rings. The first kappa shape index (κ1) is 17.9. The van der Waals surface area contributed by atoms with E-state index in [2.05, 4.69) is 5.32 Å². The summed E-state index contributed by atoms with van der Waals surface area (Å²) in [4.78, 5) is 13.8. The van der Waals surface area contributed by atoms with Crippen LogP contribution in [0.3, 0.4) is 0 Å². The number of hydrogen-bond acceptors (Lipinski definition) is 4. The minimum absolute atomic E-state index is 0.0635. The van der Waals surface area contributed by atoms with E-state index < -0.39 is 11.8 Å². The van der Waals surface area contributed by atoms with Gasteiger partial charge in [0.1, 0.15) is 11.9 Å². The maximum atomic E-state index is 13.1. The van der Waals surface area contributed by atoms with Crippen LogP contribution in [-0.4, -0.2) is 48.4 Å². The van der Waals surface area contributed by atoms with Gasteiger partial charge in [-0.15, -0.1) is 0 Å². The Morgan fingerprint density at radius 3 is 2.82 bits per heavy atom. The van der Waals surface area contributed by atoms with Crippen molar-refractivity contribution in [3.05, 3.63) is 29.6 Å². The molecule has 0 atom stereocenters. The lowest BCUT2D eigenvalue weighted by Crippen LogP contribution is -2.42. The van der Waals surface area contributed by atoms with Crippen LogP contribution in [0.25, 0.3) is 0 Å². The van der Waals surface area contributed by atoms with Crippen molar-refractivity contribution in [2.75, 3.05) is 31.7 Å². The highest BCUT2D eigenvalue weighted by atomic mass is 19.1. The van der Waals surface area contributed by atoms with Crippen LogP contribution in [0.5, 0.6) is 0 Å². The monoisotopic (exact) mass is 309 g/mol. The standard InChI is InChI=1S/C15H20FN3O3/c1-11(2)19(5-7-22-8-6-20)15(21)18-14-4-3-13(16)9-12(14)10-17/h3-4,9,11,20H,5-8H2,1-2H3,(H,18,21). The van der Waals surface area contributed by atoms with E-state index in [-0.39, 0.29) is 30.5 Å². The van der Waals surface area contributed by atoms with Crippen LogP contribution < -0.4 is 5.32 Å². The molecule has 0 unspecified atom stereocenters. The van der Waals surface area contributed by atoms with E-state index in [4.69, 9.17) is 15.1 Å². The Labute approximate surface area is 129 Å². The van der Waals surface area contributed by atoms with Gasteiger partial charge in [-0.1, -0.05) is 0 Å². The van der Waals surface area contributed by atoms with Crippen LogP contribution >= 0.6 is 0 Å². The van der Waals surface area contributed by atoms with Gasteiger partial charge in [0.2, 0.25) is 0 Å². The highest BCUT2D eigenvalue weighted by Gasteiger charge is 2.18. The van der Waals surface area contributed by atoms with E-state index in [1.165, 1.54) is 17.0 Å². The van der Waals surface area contributed by atoms with Crippen LogP contribution in [0.1, 0.15) is 19.4 Å². The zero-order valence-corrected chi connectivity index (χ0v) is 12.7. The van der Waals surface area contributed by atoms with Gasteiger partial charge < -0.3 is 20.1 Å². The lowest BCUT2D eigenvalue weighted by Gasteiger charge is -2.27. The van der Waals surface area contributed by atoms with Crippen molar-refractivity contribution in [3.63, 3.8) is 0 Å². The molecule has 0 aliphatic carbocycles. The zero-order valence-electron chi connectivity index (χ0n) is 12.7. The molecular formula is C15H20FN3O3. The van der Waals surface area contributed by atoms with Crippen molar-refractivity contribution in [2.45, 2.75) is 19.9 Å². The van der Waals surface area contributed by atoms with Gasteiger partial charge >= 0.3 is 6.03 Å². The van der Waals surface area contributed by atoms with Crippen molar-refractivity contribution in [1.29, 1.82) is 5.26 Å². The number of aliphatic hydroxyl groups excluding tert-OH is 1. The highest BCUT2D eigenvalue weighted by Crippen LogP contribution is 2.17. The third-order valence-electron chi connectivity index (χ3n) is 2.94. The van der Waals surface area contributed by atoms with Crippen LogP contribution in [-0.2, 0) is 4.74 Å². The van der Waals surface area contributed by atoms with Crippen molar-refractivity contribution in [1.82, 2.24) is 4.90 Å². The van der Waals surface area contributed by atoms with Crippen LogP contribution in [0, 0.1) is 17.1 Å². The molecule has 2 amide bonds. The number of nitriles is 1. The number of nitrogens with one attached hydrogen (secondary N) is 1. The molecule has 120 valence electrons. The molecule has 0 saturated carbocycles. The predicted octanol–water partition coefficient (Wildman–Crippen LogP) is 1.95. The Hall–Kier alpha value is -2.17. The van der Waals surface area contributed by atoms with Gasteiger partial charge in [0, 0.05) is 12.6 Å². The maximum absolute atomic E-state index is 13.1. The fourth-order valence-electron chi connectivity index (χ4n) is 1.83. The van der Waals surface area contributed by atoms with Gasteiger partial charge in [0.25, 0.3) is 0 Å². The van der Waals surface area contributed by atoms with E-state index in [9.17, 15) is 9.18 Å². The molecule has 1 aromatic carbocycles. The average molecular weight is 309 g/mol. The molecule has 0 radical (unpaired) electrons. The van der Waals surface area contributed by atoms with E-state index in [1.54, 1.807) is 0 Å². The summed E-state index contributed by atoms with van der Waals surface area (Å²) in [5.74, 6) is -0.535. The number of amides is 2. The molecule has 0 bridgehead atoms. The first-order valence-corrected chi connectivity index (χ1v) is 6.95. The van der Waals surface area contributed by atoms with Crippen molar-refractivity contribution in [3.8, 4) is 6.07 Å². The molecule has 22 heavy (non-hydrogen) atoms. The predicted molar refractivity (Wildman–Crippen MR) is 79.9 cm³/mol. The number of rotatable bonds is 7. The molecule has 7 heteroatoms. The lowest BCUT2D eigenvalue weighted by molar-refractivity contribution is 0.0757. The quantitative estimate of drug-likeness (QED) is 0.754. The van der Waals surface area contributed by atoms with E-state index in [0.717, 1.165) is 6.07 Å². The van der Waals surface area contributed by atoms with Crippen LogP contribution in [0.4, 0.5) is 14.9 Å². The third-order valence-corrected chi connectivity index (χ3v) is 2.94. The first-order chi connectivity index (χ1) is 10.5. The molecule has 0 aliphatic rings. The highest BCUT2D eigenvalue weighted by molar-refractivity contribution is 5.91. The van der Waals surface area contributed by atoms with Gasteiger partial charge in [0.15, 0.2) is 0 Å². The first-order valence-electron chi connectivity index (χ1n) is 6.95. The summed E-state index contributed by atoms with van der Waals surface area (Å²) in [5, 5.41) is 20.2. The largest absolute Gasteiger partial charge is 0.394 e. The second kappa shape index (κ2) is 8.97. The summed E-state index contributed by atoms with van der Waals surface area (Å²) in [6, 6.07) is 4.97. The number of nitrogens with zero attached hydrogens (tertiary/aromatic N) is 2. The lowest BCUT2D eigenvalue weighted by atomic mass is 10.2. The van der Waals surface area contributed by atoms with E-state index >= 15 is 0 Å². The number of halogens is 1. The fraction of sp³-hybridized carbons (Fsp3) is 0.467. The van der Waals surface area contributed by atoms with Crippen molar-refractivity contribution in [2.24, 2.45) is 0 Å². The molecule has 0 aromatic heterocycles. The topological polar surface area (TPSA) is 85.6 Å². The summed E-state index contributed by atoms with van der Waals surface area (Å²) in [7, 11) is 0. The number of benzene rings is 1. The Kier molecular flexibility index (Phi) is 7.29. The van der Waals surface area contributed by atoms with Gasteiger partial charge in [-0.05, 0) is 32.0 Å². The van der Waals surface area contributed by atoms with Crippen LogP contribution in [0.2, 0.25) is 0 Å². The Morgan fingerprint density at radius 2 is 2.23 bits per heavy atom. The molecule has 6 nitrogen and oxygen atoms in total. The molecule has 0 heterocycles. The molecule has 0 aliphatic heterocycles. The molecule has 0 fully saturated rings. The summed E-state index contributed by atoms with van der Waals surface area (Å²) in [5.41, 5.74) is 0.324. The van der Waals surface area contributed by atoms with Crippen LogP contribution in [0.15, 0.2) is 18.2 Å². The zero-order chi connectivity index (χ0) is 16.5. The number of ether oxygens (including phenoxy) is 1. The normalized spacial score (nSPS) is 10.4. The SMILES string of the molecule is CC(C)N(CCOCCO)C(=O)Nc1ccc(F)cc1C#N.